The number of fused-ring (bicyclic) bond motifs is 4. The van der Waals surface area contributed by atoms with Gasteiger partial charge >= 0.3 is 5.97 Å². The monoisotopic (exact) mass is 1310 g/mol. The van der Waals surface area contributed by atoms with Crippen LogP contribution in [0, 0.1) is 0 Å². The summed E-state index contributed by atoms with van der Waals surface area (Å²) in [6.45, 7) is 1.47. The third kappa shape index (κ3) is 14.9. The van der Waals surface area contributed by atoms with Gasteiger partial charge in [-0.05, 0) is 169 Å². The predicted octanol–water partition coefficient (Wildman–Crippen LogP) is 13.1. The number of imidazole rings is 3. The number of hydrogen-bond donors (Lipinski definition) is 9. The average molecular weight is 1310 g/mol. The molecule has 94 heavy (non-hydrogen) atoms. The summed E-state index contributed by atoms with van der Waals surface area (Å²) in [6, 6.07) is 59.8. The van der Waals surface area contributed by atoms with Gasteiger partial charge in [-0.2, -0.15) is 0 Å². The first-order valence-corrected chi connectivity index (χ1v) is 33.6. The molecule has 0 aliphatic rings. The molecule has 9 aromatic carbocycles. The fourth-order valence-corrected chi connectivity index (χ4v) is 13.1. The molecule has 4 heterocycles. The van der Waals surface area contributed by atoms with E-state index in [0.717, 1.165) is 83.5 Å². The first-order valence-electron chi connectivity index (χ1n) is 29.2. The van der Waals surface area contributed by atoms with E-state index in [1.807, 2.05) is 134 Å². The van der Waals surface area contributed by atoms with Crippen molar-refractivity contribution in [2.75, 3.05) is 26.5 Å². The van der Waals surface area contributed by atoms with E-state index >= 15 is 0 Å². The topological polar surface area (TPSA) is 307 Å². The molecule has 4 aromatic heterocycles. The van der Waals surface area contributed by atoms with E-state index in [-0.39, 0.29) is 26.2 Å². The van der Waals surface area contributed by atoms with Gasteiger partial charge in [0, 0.05) is 41.0 Å². The summed E-state index contributed by atoms with van der Waals surface area (Å²) >= 11 is 0. The Hall–Kier alpha value is -11.2. The standard InChI is InChI=1S/C24H22N4O3S.C24H20N4O2S.C23H19N3O4S/c1-16(29)26-19-11-7-17(8-12-19)9-14-24-27-21-13-10-18(15-22(21)28-24)20-5-3-4-6-23(20)32(30,31)25-2;1-25-31(29,30)23-5-3-2-4-19(23)18-9-10-20-22(15-18)28-24(27-20)11-7-16-6-8-17-12-13-26-21(17)14-16;1-24-31(29,30)21-5-3-2-4-18(21)17-11-12-19-20(14-17)26-22(25-19)13-8-15-6-9-16(10-7-15)23(27)28/h3-15,25H,1-2H3,(H,26,29)(H,27,28);2-15,25-26H,1H3,(H,27,28);2-14,24H,1H3,(H,25,26)(H,27,28)/b14-9+;11-7+;13-8+. The molecule has 0 fully saturated rings. The van der Waals surface area contributed by atoms with Crippen LogP contribution in [0.2, 0.25) is 0 Å². The molecule has 20 nitrogen and oxygen atoms in total. The van der Waals surface area contributed by atoms with Crippen molar-refractivity contribution in [3.05, 3.63) is 246 Å². The van der Waals surface area contributed by atoms with Crippen molar-refractivity contribution in [2.45, 2.75) is 21.6 Å². The number of anilines is 1. The van der Waals surface area contributed by atoms with E-state index in [9.17, 15) is 34.8 Å². The number of rotatable bonds is 17. The van der Waals surface area contributed by atoms with E-state index in [0.29, 0.717) is 28.3 Å². The predicted molar refractivity (Wildman–Crippen MR) is 373 cm³/mol. The number of carboxylic acid groups (broad SMARTS) is 1. The van der Waals surface area contributed by atoms with Gasteiger partial charge in [-0.1, -0.05) is 127 Å². The van der Waals surface area contributed by atoms with Crippen molar-refractivity contribution < 1.29 is 39.9 Å². The fraction of sp³-hybridized carbons (Fsp3) is 0.0563. The van der Waals surface area contributed by atoms with Crippen LogP contribution in [0.4, 0.5) is 5.69 Å². The molecular weight excluding hydrogens is 1250 g/mol. The van der Waals surface area contributed by atoms with Crippen LogP contribution in [-0.2, 0) is 34.9 Å². The molecule has 9 N–H and O–H groups in total. The minimum Gasteiger partial charge on any atom is -0.478 e. The highest BCUT2D eigenvalue weighted by Gasteiger charge is 2.21. The van der Waals surface area contributed by atoms with Crippen LogP contribution in [0.3, 0.4) is 0 Å². The van der Waals surface area contributed by atoms with Crippen molar-refractivity contribution in [2.24, 2.45) is 0 Å². The molecule has 13 aromatic rings. The number of aromatic carboxylic acids is 1. The van der Waals surface area contributed by atoms with Crippen LogP contribution >= 0.6 is 0 Å². The highest BCUT2D eigenvalue weighted by Crippen LogP contribution is 2.33. The number of carbonyl (C=O) groups is 2. The zero-order chi connectivity index (χ0) is 66.2. The molecule has 0 saturated carbocycles. The van der Waals surface area contributed by atoms with Gasteiger partial charge in [0.1, 0.15) is 17.5 Å². The Morgan fingerprint density at radius 1 is 0.415 bits per heavy atom. The van der Waals surface area contributed by atoms with Gasteiger partial charge in [-0.25, -0.2) is 59.2 Å². The number of hydrogen-bond acceptors (Lipinski definition) is 11. The lowest BCUT2D eigenvalue weighted by atomic mass is 10.1. The molecule has 0 radical (unpaired) electrons. The van der Waals surface area contributed by atoms with Gasteiger partial charge in [0.05, 0.1) is 53.4 Å². The highest BCUT2D eigenvalue weighted by molar-refractivity contribution is 7.90. The van der Waals surface area contributed by atoms with Gasteiger partial charge in [-0.15, -0.1) is 0 Å². The largest absolute Gasteiger partial charge is 0.478 e. The van der Waals surface area contributed by atoms with Crippen LogP contribution in [-0.4, -0.2) is 98.3 Å². The van der Waals surface area contributed by atoms with E-state index < -0.39 is 36.0 Å². The number of nitrogens with zero attached hydrogens (tertiary/aromatic N) is 3. The number of nitrogens with one attached hydrogen (secondary N) is 8. The second-order valence-corrected chi connectivity index (χ2v) is 26.8. The minimum atomic E-state index is -3.60. The maximum atomic E-state index is 12.4. The number of carbonyl (C=O) groups excluding carboxylic acids is 1. The molecule has 0 aliphatic carbocycles. The lowest BCUT2D eigenvalue weighted by Crippen LogP contribution is -2.19. The Labute approximate surface area is 541 Å². The number of aromatic amines is 4. The van der Waals surface area contributed by atoms with E-state index in [1.54, 1.807) is 91.0 Å². The van der Waals surface area contributed by atoms with Crippen LogP contribution in [0.1, 0.15) is 51.4 Å². The first kappa shape index (κ1) is 64.4. The molecule has 0 saturated heterocycles. The van der Waals surface area contributed by atoms with Crippen LogP contribution < -0.4 is 19.5 Å². The zero-order valence-corrected chi connectivity index (χ0v) is 53.3. The third-order valence-electron chi connectivity index (χ3n) is 15.0. The summed E-state index contributed by atoms with van der Waals surface area (Å²) in [4.78, 5) is 49.5. The van der Waals surface area contributed by atoms with E-state index in [4.69, 9.17) is 5.11 Å². The Morgan fingerprint density at radius 3 is 1.17 bits per heavy atom. The van der Waals surface area contributed by atoms with Crippen molar-refractivity contribution in [3.8, 4) is 33.4 Å². The lowest BCUT2D eigenvalue weighted by Gasteiger charge is -2.09. The van der Waals surface area contributed by atoms with E-state index in [1.165, 1.54) is 33.5 Å². The average Bonchev–Trinajstić information content (AvgIpc) is 1.59. The van der Waals surface area contributed by atoms with Gasteiger partial charge in [0.15, 0.2) is 0 Å². The summed E-state index contributed by atoms with van der Waals surface area (Å²) in [7, 11) is -6.55. The Morgan fingerprint density at radius 2 is 0.787 bits per heavy atom. The smallest absolute Gasteiger partial charge is 0.335 e. The number of benzene rings is 9. The molecule has 0 bridgehead atoms. The maximum absolute atomic E-state index is 12.4. The number of carboxylic acids is 1. The molecular formula is C71H61N11O9S3. The summed E-state index contributed by atoms with van der Waals surface area (Å²) in [6.07, 6.45) is 13.3. The second-order valence-electron chi connectivity index (χ2n) is 21.2. The zero-order valence-electron chi connectivity index (χ0n) is 50.9. The summed E-state index contributed by atoms with van der Waals surface area (Å²) in [5.74, 6) is 0.966. The quantitative estimate of drug-likeness (QED) is 0.0411. The molecule has 0 aliphatic heterocycles. The van der Waals surface area contributed by atoms with Crippen molar-refractivity contribution in [1.82, 2.24) is 49.1 Å². The molecule has 13 rings (SSSR count). The molecule has 0 unspecified atom stereocenters. The first-order chi connectivity index (χ1) is 45.3. The molecule has 1 amide bonds. The van der Waals surface area contributed by atoms with Gasteiger partial charge < -0.3 is 30.4 Å². The van der Waals surface area contributed by atoms with Crippen LogP contribution in [0.5, 0.6) is 0 Å². The SMILES string of the molecule is CNS(=O)(=O)c1ccccc1-c1ccc2nc(/C=C/c3ccc(C(=O)O)cc3)[nH]c2c1.CNS(=O)(=O)c1ccccc1-c1ccc2nc(/C=C/c3ccc(NC(C)=O)cc3)[nH]c2c1.CNS(=O)(=O)c1ccccc1-c1ccc2nc(/C=C/c3ccc4cc[nH]c4c3)[nH]c2c1. The van der Waals surface area contributed by atoms with Crippen LogP contribution in [0.15, 0.2) is 221 Å². The van der Waals surface area contributed by atoms with E-state index in [2.05, 4.69) is 72.6 Å². The highest BCUT2D eigenvalue weighted by atomic mass is 32.2. The number of amides is 1. The van der Waals surface area contributed by atoms with Crippen molar-refractivity contribution in [1.29, 1.82) is 0 Å². The lowest BCUT2D eigenvalue weighted by molar-refractivity contribution is -0.114. The molecule has 23 heteroatoms. The molecule has 472 valence electrons. The van der Waals surface area contributed by atoms with Gasteiger partial charge in [0.2, 0.25) is 36.0 Å². The number of aromatic nitrogens is 7. The third-order valence-corrected chi connectivity index (χ3v) is 19.5. The number of H-pyrrole nitrogens is 4. The minimum absolute atomic E-state index is 0.110. The van der Waals surface area contributed by atoms with Gasteiger partial charge in [-0.3, -0.25) is 4.79 Å². The van der Waals surface area contributed by atoms with Crippen LogP contribution in [0.25, 0.3) is 114 Å². The Kier molecular flexibility index (Phi) is 19.0. The summed E-state index contributed by atoms with van der Waals surface area (Å²) < 4.78 is 81.5. The molecule has 0 atom stereocenters. The Balaban J connectivity index is 0.000000144. The van der Waals surface area contributed by atoms with Gasteiger partial charge in [0.25, 0.3) is 0 Å². The maximum Gasteiger partial charge on any atom is 0.335 e. The fourth-order valence-electron chi connectivity index (χ4n) is 10.3. The Bertz CT molecular complexity index is 5440. The van der Waals surface area contributed by atoms with Crippen molar-refractivity contribution in [3.63, 3.8) is 0 Å². The summed E-state index contributed by atoms with van der Waals surface area (Å²) in [5.41, 5.74) is 13.9. The normalized spacial score (nSPS) is 12.0. The molecule has 0 spiro atoms. The van der Waals surface area contributed by atoms with Crippen molar-refractivity contribution >= 4 is 128 Å². The number of sulfonamides is 3. The summed E-state index contributed by atoms with van der Waals surface area (Å²) in [5, 5.41) is 12.9. The second kappa shape index (κ2) is 27.7.